The van der Waals surface area contributed by atoms with E-state index in [0.717, 1.165) is 6.07 Å². The second-order valence-electron chi connectivity index (χ2n) is 5.08. The third-order valence-corrected chi connectivity index (χ3v) is 3.15. The summed E-state index contributed by atoms with van der Waals surface area (Å²) in [7, 11) is 0. The molecule has 0 fully saturated rings. The van der Waals surface area contributed by atoms with Crippen LogP contribution in [0.1, 0.15) is 31.4 Å². The third kappa shape index (κ3) is 2.05. The SMILES string of the molecule is CC(C)(CC(=O)O)c1c(F)cc(F)c2c1OCC2. The number of halogens is 2. The summed E-state index contributed by atoms with van der Waals surface area (Å²) in [6.45, 7) is 3.52. The molecule has 0 bridgehead atoms. The Hall–Kier alpha value is -1.65. The van der Waals surface area contributed by atoms with Crippen molar-refractivity contribution in [3.05, 3.63) is 28.8 Å². The van der Waals surface area contributed by atoms with Crippen molar-refractivity contribution >= 4 is 5.97 Å². The number of benzene rings is 1. The number of carboxylic acid groups (broad SMARTS) is 1. The van der Waals surface area contributed by atoms with Crippen molar-refractivity contribution in [2.45, 2.75) is 32.1 Å². The van der Waals surface area contributed by atoms with Crippen LogP contribution in [0.4, 0.5) is 8.78 Å². The van der Waals surface area contributed by atoms with E-state index in [0.29, 0.717) is 18.6 Å². The maximum Gasteiger partial charge on any atom is 0.304 e. The van der Waals surface area contributed by atoms with Crippen molar-refractivity contribution in [3.8, 4) is 5.75 Å². The fraction of sp³-hybridized carbons (Fsp3) is 0.462. The van der Waals surface area contributed by atoms with E-state index in [-0.39, 0.29) is 17.7 Å². The molecule has 0 unspecified atom stereocenters. The van der Waals surface area contributed by atoms with Gasteiger partial charge >= 0.3 is 5.97 Å². The first kappa shape index (κ1) is 12.8. The lowest BCUT2D eigenvalue weighted by Crippen LogP contribution is -2.24. The van der Waals surface area contributed by atoms with Crippen LogP contribution in [-0.4, -0.2) is 17.7 Å². The van der Waals surface area contributed by atoms with Crippen molar-refractivity contribution < 1.29 is 23.4 Å². The number of aliphatic carboxylic acids is 1. The van der Waals surface area contributed by atoms with Gasteiger partial charge in [0.25, 0.3) is 0 Å². The van der Waals surface area contributed by atoms with Gasteiger partial charge in [0.2, 0.25) is 0 Å². The summed E-state index contributed by atoms with van der Waals surface area (Å²) in [5, 5.41) is 8.87. The van der Waals surface area contributed by atoms with E-state index in [9.17, 15) is 13.6 Å². The van der Waals surface area contributed by atoms with Crippen LogP contribution in [0, 0.1) is 11.6 Å². The van der Waals surface area contributed by atoms with E-state index in [1.807, 2.05) is 0 Å². The number of fused-ring (bicyclic) bond motifs is 1. The lowest BCUT2D eigenvalue weighted by molar-refractivity contribution is -0.138. The molecule has 0 saturated heterocycles. The standard InChI is InChI=1S/C13H14F2O3/c1-13(2,6-10(16)17)11-9(15)5-8(14)7-3-4-18-12(7)11/h5H,3-4,6H2,1-2H3,(H,16,17). The van der Waals surface area contributed by atoms with E-state index in [1.165, 1.54) is 0 Å². The quantitative estimate of drug-likeness (QED) is 0.904. The molecule has 3 nitrogen and oxygen atoms in total. The zero-order chi connectivity index (χ0) is 13.5. The highest BCUT2D eigenvalue weighted by molar-refractivity contribution is 5.69. The lowest BCUT2D eigenvalue weighted by atomic mass is 9.80. The van der Waals surface area contributed by atoms with E-state index in [2.05, 4.69) is 0 Å². The molecule has 0 radical (unpaired) electrons. The molecular weight excluding hydrogens is 242 g/mol. The molecule has 0 saturated carbocycles. The zero-order valence-corrected chi connectivity index (χ0v) is 10.2. The van der Waals surface area contributed by atoms with Gasteiger partial charge in [0, 0.05) is 29.0 Å². The molecule has 18 heavy (non-hydrogen) atoms. The topological polar surface area (TPSA) is 46.5 Å². The maximum absolute atomic E-state index is 13.9. The smallest absolute Gasteiger partial charge is 0.304 e. The number of ether oxygens (including phenoxy) is 1. The van der Waals surface area contributed by atoms with Crippen molar-refractivity contribution in [2.24, 2.45) is 0 Å². The minimum atomic E-state index is -1.03. The second-order valence-corrected chi connectivity index (χ2v) is 5.08. The molecule has 5 heteroatoms. The predicted octanol–water partition coefficient (Wildman–Crippen LogP) is 2.65. The normalized spacial score (nSPS) is 14.2. The summed E-state index contributed by atoms with van der Waals surface area (Å²) in [4.78, 5) is 10.8. The average Bonchev–Trinajstić information content (AvgIpc) is 2.63. The Balaban J connectivity index is 2.58. The van der Waals surface area contributed by atoms with E-state index >= 15 is 0 Å². The van der Waals surface area contributed by atoms with Gasteiger partial charge in [-0.05, 0) is 0 Å². The Morgan fingerprint density at radius 3 is 2.72 bits per heavy atom. The van der Waals surface area contributed by atoms with E-state index in [1.54, 1.807) is 13.8 Å². The Kier molecular flexibility index (Phi) is 3.00. The monoisotopic (exact) mass is 256 g/mol. The average molecular weight is 256 g/mol. The molecule has 1 heterocycles. The van der Waals surface area contributed by atoms with Gasteiger partial charge in [-0.15, -0.1) is 0 Å². The molecule has 1 aliphatic rings. The van der Waals surface area contributed by atoms with Crippen LogP contribution in [0.2, 0.25) is 0 Å². The Morgan fingerprint density at radius 1 is 1.44 bits per heavy atom. The number of carboxylic acids is 1. The number of hydrogen-bond acceptors (Lipinski definition) is 2. The molecule has 0 aliphatic carbocycles. The summed E-state index contributed by atoms with van der Waals surface area (Å²) in [6.07, 6.45) is 0.142. The van der Waals surface area contributed by atoms with Crippen molar-refractivity contribution in [2.75, 3.05) is 6.61 Å². The van der Waals surface area contributed by atoms with E-state index in [4.69, 9.17) is 9.84 Å². The second kappa shape index (κ2) is 4.23. The maximum atomic E-state index is 13.9. The molecule has 0 atom stereocenters. The largest absolute Gasteiger partial charge is 0.492 e. The van der Waals surface area contributed by atoms with Crippen LogP contribution in [0.15, 0.2) is 6.07 Å². The lowest BCUT2D eigenvalue weighted by Gasteiger charge is -2.25. The van der Waals surface area contributed by atoms with Crippen LogP contribution in [0.5, 0.6) is 5.75 Å². The fourth-order valence-corrected chi connectivity index (χ4v) is 2.38. The van der Waals surface area contributed by atoms with Crippen LogP contribution in [0.3, 0.4) is 0 Å². The molecule has 0 spiro atoms. The van der Waals surface area contributed by atoms with Crippen LogP contribution in [0.25, 0.3) is 0 Å². The number of hydrogen-bond donors (Lipinski definition) is 1. The van der Waals surface area contributed by atoms with Crippen molar-refractivity contribution in [1.29, 1.82) is 0 Å². The van der Waals surface area contributed by atoms with Gasteiger partial charge in [0.1, 0.15) is 17.4 Å². The number of carbonyl (C=O) groups is 1. The summed E-state index contributed by atoms with van der Waals surface area (Å²) >= 11 is 0. The molecule has 1 N–H and O–H groups in total. The minimum absolute atomic E-state index is 0.152. The van der Waals surface area contributed by atoms with Crippen LogP contribution >= 0.6 is 0 Å². The van der Waals surface area contributed by atoms with Gasteiger partial charge in [-0.25, -0.2) is 8.78 Å². The van der Waals surface area contributed by atoms with Gasteiger partial charge in [-0.3, -0.25) is 4.79 Å². The highest BCUT2D eigenvalue weighted by Crippen LogP contribution is 2.42. The van der Waals surface area contributed by atoms with Crippen molar-refractivity contribution in [1.82, 2.24) is 0 Å². The molecule has 0 amide bonds. The molecule has 0 aromatic heterocycles. The van der Waals surface area contributed by atoms with Crippen LogP contribution in [-0.2, 0) is 16.6 Å². The van der Waals surface area contributed by atoms with Crippen molar-refractivity contribution in [3.63, 3.8) is 0 Å². The first-order valence-corrected chi connectivity index (χ1v) is 5.69. The molecular formula is C13H14F2O3. The highest BCUT2D eigenvalue weighted by atomic mass is 19.1. The third-order valence-electron chi connectivity index (χ3n) is 3.15. The predicted molar refractivity (Wildman–Crippen MR) is 60.8 cm³/mol. The first-order chi connectivity index (χ1) is 8.33. The molecule has 98 valence electrons. The minimum Gasteiger partial charge on any atom is -0.492 e. The fourth-order valence-electron chi connectivity index (χ4n) is 2.38. The molecule has 1 aromatic carbocycles. The van der Waals surface area contributed by atoms with Gasteiger partial charge < -0.3 is 9.84 Å². The molecule has 1 aromatic rings. The Morgan fingerprint density at radius 2 is 2.11 bits per heavy atom. The van der Waals surface area contributed by atoms with E-state index < -0.39 is 23.0 Å². The zero-order valence-electron chi connectivity index (χ0n) is 10.2. The van der Waals surface area contributed by atoms with Gasteiger partial charge in [0.15, 0.2) is 0 Å². The molecule has 1 aliphatic heterocycles. The number of rotatable bonds is 3. The summed E-state index contributed by atoms with van der Waals surface area (Å²) in [5.41, 5.74) is -0.457. The summed E-state index contributed by atoms with van der Waals surface area (Å²) in [5.74, 6) is -2.23. The summed E-state index contributed by atoms with van der Waals surface area (Å²) < 4.78 is 32.8. The summed E-state index contributed by atoms with van der Waals surface area (Å²) in [6, 6.07) is 0.812. The van der Waals surface area contributed by atoms with Crippen LogP contribution < -0.4 is 4.74 Å². The van der Waals surface area contributed by atoms with Gasteiger partial charge in [0.05, 0.1) is 13.0 Å². The van der Waals surface area contributed by atoms with Gasteiger partial charge in [-0.1, -0.05) is 13.8 Å². The van der Waals surface area contributed by atoms with Gasteiger partial charge in [-0.2, -0.15) is 0 Å². The Bertz CT molecular complexity index is 509. The Labute approximate surface area is 103 Å². The highest BCUT2D eigenvalue weighted by Gasteiger charge is 2.35. The first-order valence-electron chi connectivity index (χ1n) is 5.69. The molecule has 2 rings (SSSR count).